The summed E-state index contributed by atoms with van der Waals surface area (Å²) in [6, 6.07) is 12.4. The highest BCUT2D eigenvalue weighted by Gasteiger charge is 2.39. The van der Waals surface area contributed by atoms with E-state index in [-0.39, 0.29) is 18.7 Å². The van der Waals surface area contributed by atoms with Gasteiger partial charge in [-0.25, -0.2) is 13.6 Å². The highest BCUT2D eigenvalue weighted by Crippen LogP contribution is 2.33. The Kier molecular flexibility index (Phi) is 4.90. The molecule has 0 spiro atoms. The first-order chi connectivity index (χ1) is 13.1. The third-order valence-corrected chi connectivity index (χ3v) is 4.85. The Hall–Kier alpha value is -2.73. The van der Waals surface area contributed by atoms with Crippen LogP contribution in [0.2, 0.25) is 0 Å². The molecular formula is C21H19F2NO3. The quantitative estimate of drug-likeness (QED) is 0.813. The monoisotopic (exact) mass is 371 g/mol. The third kappa shape index (κ3) is 3.85. The van der Waals surface area contributed by atoms with Gasteiger partial charge in [0.1, 0.15) is 18.2 Å². The molecule has 2 aliphatic heterocycles. The number of carbonyl (C=O) groups excluding carboxylic acids is 1. The largest absolute Gasteiger partial charge is 0.445 e. The summed E-state index contributed by atoms with van der Waals surface area (Å²) in [6.45, 7) is 0.895. The van der Waals surface area contributed by atoms with Crippen LogP contribution in [0.25, 0.3) is 5.57 Å². The Morgan fingerprint density at radius 3 is 2.56 bits per heavy atom. The first kappa shape index (κ1) is 17.7. The number of fused-ring (bicyclic) bond motifs is 2. The van der Waals surface area contributed by atoms with Crippen molar-refractivity contribution in [2.24, 2.45) is 0 Å². The van der Waals surface area contributed by atoms with Gasteiger partial charge in [-0.3, -0.25) is 4.90 Å². The zero-order chi connectivity index (χ0) is 18.8. The van der Waals surface area contributed by atoms with Crippen LogP contribution in [0.1, 0.15) is 17.5 Å². The van der Waals surface area contributed by atoms with Gasteiger partial charge in [-0.15, -0.1) is 0 Å². The van der Waals surface area contributed by atoms with Gasteiger partial charge in [0, 0.05) is 6.07 Å². The summed E-state index contributed by atoms with van der Waals surface area (Å²) in [5.74, 6) is -1.23. The molecule has 2 atom stereocenters. The molecule has 1 saturated heterocycles. The molecule has 0 N–H and O–H groups in total. The van der Waals surface area contributed by atoms with E-state index in [9.17, 15) is 13.6 Å². The van der Waals surface area contributed by atoms with Crippen LogP contribution >= 0.6 is 0 Å². The molecule has 1 fully saturated rings. The summed E-state index contributed by atoms with van der Waals surface area (Å²) in [4.78, 5) is 14.3. The Bertz CT molecular complexity index is 849. The van der Waals surface area contributed by atoms with Crippen molar-refractivity contribution in [3.8, 4) is 0 Å². The molecule has 2 aromatic carbocycles. The van der Waals surface area contributed by atoms with E-state index in [1.54, 1.807) is 4.90 Å². The fraction of sp³-hybridized carbons (Fsp3) is 0.286. The van der Waals surface area contributed by atoms with Gasteiger partial charge in [-0.05, 0) is 35.3 Å². The van der Waals surface area contributed by atoms with E-state index >= 15 is 0 Å². The second-order valence-electron chi connectivity index (χ2n) is 6.76. The van der Waals surface area contributed by atoms with Crippen molar-refractivity contribution in [1.82, 2.24) is 4.90 Å². The third-order valence-electron chi connectivity index (χ3n) is 4.85. The van der Waals surface area contributed by atoms with Crippen molar-refractivity contribution in [1.29, 1.82) is 0 Å². The van der Waals surface area contributed by atoms with Crippen LogP contribution in [0.4, 0.5) is 13.6 Å². The van der Waals surface area contributed by atoms with Gasteiger partial charge in [0.05, 0.1) is 25.3 Å². The normalized spacial score (nSPS) is 21.6. The highest BCUT2D eigenvalue weighted by atomic mass is 19.1. The number of nitrogens with zero attached hydrogens (tertiary/aromatic N) is 1. The first-order valence-electron chi connectivity index (χ1n) is 8.84. The minimum absolute atomic E-state index is 0.197. The lowest BCUT2D eigenvalue weighted by Crippen LogP contribution is -2.56. The van der Waals surface area contributed by atoms with E-state index < -0.39 is 17.7 Å². The molecule has 2 bridgehead atoms. The number of carbonyl (C=O) groups is 1. The average Bonchev–Trinajstić information content (AvgIpc) is 2.65. The van der Waals surface area contributed by atoms with Crippen LogP contribution in [0.5, 0.6) is 0 Å². The van der Waals surface area contributed by atoms with E-state index in [0.717, 1.165) is 17.2 Å². The first-order valence-corrected chi connectivity index (χ1v) is 8.84. The number of halogens is 2. The Balaban J connectivity index is 1.52. The van der Waals surface area contributed by atoms with Crippen molar-refractivity contribution >= 4 is 11.7 Å². The van der Waals surface area contributed by atoms with E-state index in [4.69, 9.17) is 9.47 Å². The predicted molar refractivity (Wildman–Crippen MR) is 95.8 cm³/mol. The molecule has 6 heteroatoms. The van der Waals surface area contributed by atoms with Crippen molar-refractivity contribution < 1.29 is 23.0 Å². The second kappa shape index (κ2) is 7.48. The van der Waals surface area contributed by atoms with Crippen LogP contribution in [0.15, 0.2) is 54.6 Å². The lowest BCUT2D eigenvalue weighted by Gasteiger charge is -2.43. The van der Waals surface area contributed by atoms with Crippen molar-refractivity contribution in [2.75, 3.05) is 13.2 Å². The molecule has 0 aliphatic carbocycles. The van der Waals surface area contributed by atoms with Crippen LogP contribution in [-0.2, 0) is 16.1 Å². The standard InChI is InChI=1S/C21H19F2NO3/c22-17-6-15(7-18(23)10-17)16-8-19-12-26-13-20(9-16)24(19)21(25)27-11-14-4-2-1-3-5-14/h1-8,10,19-20H,9,11-13H2. The van der Waals surface area contributed by atoms with Crippen LogP contribution in [0.3, 0.4) is 0 Å². The zero-order valence-corrected chi connectivity index (χ0v) is 14.6. The predicted octanol–water partition coefficient (Wildman–Crippen LogP) is 4.16. The van der Waals surface area contributed by atoms with Gasteiger partial charge in [-0.1, -0.05) is 36.4 Å². The maximum absolute atomic E-state index is 13.6. The Morgan fingerprint density at radius 2 is 1.85 bits per heavy atom. The van der Waals surface area contributed by atoms with Gasteiger partial charge in [0.2, 0.25) is 0 Å². The summed E-state index contributed by atoms with van der Waals surface area (Å²) in [7, 11) is 0. The van der Waals surface area contributed by atoms with E-state index in [1.807, 2.05) is 36.4 Å². The topological polar surface area (TPSA) is 38.8 Å². The molecular weight excluding hydrogens is 352 g/mol. The fourth-order valence-corrected chi connectivity index (χ4v) is 3.63. The number of hydrogen-bond acceptors (Lipinski definition) is 3. The summed E-state index contributed by atoms with van der Waals surface area (Å²) >= 11 is 0. The molecule has 140 valence electrons. The highest BCUT2D eigenvalue weighted by molar-refractivity contribution is 5.74. The minimum atomic E-state index is -0.614. The number of amides is 1. The molecule has 1 amide bonds. The lowest BCUT2D eigenvalue weighted by molar-refractivity contribution is -0.0342. The molecule has 0 aromatic heterocycles. The Labute approximate surface area is 156 Å². The van der Waals surface area contributed by atoms with Crippen LogP contribution < -0.4 is 0 Å². The number of morpholine rings is 1. The molecule has 4 nitrogen and oxygen atoms in total. The number of benzene rings is 2. The second-order valence-corrected chi connectivity index (χ2v) is 6.76. The molecule has 2 aromatic rings. The smallest absolute Gasteiger partial charge is 0.411 e. The van der Waals surface area contributed by atoms with Gasteiger partial charge in [-0.2, -0.15) is 0 Å². The zero-order valence-electron chi connectivity index (χ0n) is 14.6. The number of ether oxygens (including phenoxy) is 2. The lowest BCUT2D eigenvalue weighted by atomic mass is 9.90. The summed E-state index contributed by atoms with van der Waals surface area (Å²) in [5.41, 5.74) is 2.23. The van der Waals surface area contributed by atoms with Crippen molar-refractivity contribution in [2.45, 2.75) is 25.1 Å². The van der Waals surface area contributed by atoms with Gasteiger partial charge >= 0.3 is 6.09 Å². The fourth-order valence-electron chi connectivity index (χ4n) is 3.63. The molecule has 2 aliphatic rings. The number of hydrogen-bond donors (Lipinski definition) is 0. The van der Waals surface area contributed by atoms with Gasteiger partial charge in [0.15, 0.2) is 0 Å². The molecule has 2 unspecified atom stereocenters. The van der Waals surface area contributed by atoms with Crippen molar-refractivity contribution in [3.63, 3.8) is 0 Å². The maximum atomic E-state index is 13.6. The van der Waals surface area contributed by atoms with Crippen LogP contribution in [0, 0.1) is 11.6 Å². The summed E-state index contributed by atoms with van der Waals surface area (Å²) in [6.07, 6.45) is 1.89. The van der Waals surface area contributed by atoms with Gasteiger partial charge in [0.25, 0.3) is 0 Å². The summed E-state index contributed by atoms with van der Waals surface area (Å²) in [5, 5.41) is 0. The van der Waals surface area contributed by atoms with E-state index in [1.165, 1.54) is 12.1 Å². The molecule has 0 radical (unpaired) electrons. The summed E-state index contributed by atoms with van der Waals surface area (Å²) < 4.78 is 38.2. The minimum Gasteiger partial charge on any atom is -0.445 e. The van der Waals surface area contributed by atoms with Crippen LogP contribution in [-0.4, -0.2) is 36.3 Å². The average molecular weight is 371 g/mol. The maximum Gasteiger partial charge on any atom is 0.411 e. The molecule has 0 saturated carbocycles. The molecule has 27 heavy (non-hydrogen) atoms. The number of rotatable bonds is 3. The van der Waals surface area contributed by atoms with Gasteiger partial charge < -0.3 is 9.47 Å². The molecule has 2 heterocycles. The van der Waals surface area contributed by atoms with Crippen molar-refractivity contribution in [3.05, 3.63) is 77.4 Å². The molecule has 4 rings (SSSR count). The Morgan fingerprint density at radius 1 is 1.11 bits per heavy atom. The SMILES string of the molecule is O=C(OCc1ccccc1)N1C2C=C(c3cc(F)cc(F)c3)CC1COC2. The van der Waals surface area contributed by atoms with E-state index in [0.29, 0.717) is 25.2 Å². The van der Waals surface area contributed by atoms with E-state index in [2.05, 4.69) is 0 Å².